The van der Waals surface area contributed by atoms with Crippen molar-refractivity contribution in [2.24, 2.45) is 0 Å². The number of nitrogens with one attached hydrogen (secondary N) is 1. The van der Waals surface area contributed by atoms with Crippen molar-refractivity contribution in [1.29, 1.82) is 0 Å². The zero-order chi connectivity index (χ0) is 19.7. The molecule has 0 aliphatic carbocycles. The van der Waals surface area contributed by atoms with Gasteiger partial charge in [-0.05, 0) is 36.2 Å². The average molecular weight is 379 g/mol. The Kier molecular flexibility index (Phi) is 4.57. The average Bonchev–Trinajstić information content (AvgIpc) is 2.70. The number of rotatable bonds is 4. The predicted octanol–water partition coefficient (Wildman–Crippen LogP) is 3.04. The van der Waals surface area contributed by atoms with E-state index in [4.69, 9.17) is 13.9 Å². The fourth-order valence-electron chi connectivity index (χ4n) is 3.04. The predicted molar refractivity (Wildman–Crippen MR) is 102 cm³/mol. The van der Waals surface area contributed by atoms with Crippen LogP contribution in [0.15, 0.2) is 51.7 Å². The number of hydrogen-bond acceptors (Lipinski definition) is 6. The summed E-state index contributed by atoms with van der Waals surface area (Å²) in [4.78, 5) is 35.6. The summed E-state index contributed by atoms with van der Waals surface area (Å²) in [6.07, 6.45) is 0.819. The van der Waals surface area contributed by atoms with Gasteiger partial charge in [-0.15, -0.1) is 0 Å². The van der Waals surface area contributed by atoms with E-state index in [2.05, 4.69) is 5.32 Å². The van der Waals surface area contributed by atoms with E-state index in [9.17, 15) is 14.4 Å². The van der Waals surface area contributed by atoms with E-state index in [-0.39, 0.29) is 24.7 Å². The van der Waals surface area contributed by atoms with E-state index in [0.29, 0.717) is 22.6 Å². The zero-order valence-electron chi connectivity index (χ0n) is 15.1. The maximum absolute atomic E-state index is 12.4. The fraction of sp³-hybridized carbons (Fsp3) is 0.190. The van der Waals surface area contributed by atoms with Crippen molar-refractivity contribution >= 4 is 28.5 Å². The molecule has 1 amide bonds. The zero-order valence-corrected chi connectivity index (χ0v) is 15.1. The highest BCUT2D eigenvalue weighted by Crippen LogP contribution is 2.29. The van der Waals surface area contributed by atoms with Crippen LogP contribution < -0.4 is 15.7 Å². The van der Waals surface area contributed by atoms with Gasteiger partial charge in [0, 0.05) is 17.0 Å². The summed E-state index contributed by atoms with van der Waals surface area (Å²) in [6.45, 7) is 1.84. The van der Waals surface area contributed by atoms with Crippen LogP contribution in [0.2, 0.25) is 0 Å². The molecule has 0 spiro atoms. The number of amides is 1. The lowest BCUT2D eigenvalue weighted by molar-refractivity contribution is -0.118. The molecule has 2 heterocycles. The second-order valence-electron chi connectivity index (χ2n) is 6.40. The number of hydrogen-bond donors (Lipinski definition) is 1. The van der Waals surface area contributed by atoms with Gasteiger partial charge in [-0.3, -0.25) is 4.79 Å². The molecule has 0 saturated carbocycles. The number of carbonyl (C=O) groups is 2. The van der Waals surface area contributed by atoms with Gasteiger partial charge in [-0.25, -0.2) is 9.59 Å². The number of fused-ring (bicyclic) bond motifs is 2. The van der Waals surface area contributed by atoms with E-state index in [1.807, 2.05) is 25.1 Å². The van der Waals surface area contributed by atoms with Gasteiger partial charge in [0.15, 0.2) is 6.61 Å². The molecule has 1 aliphatic heterocycles. The molecule has 4 rings (SSSR count). The molecule has 1 aromatic heterocycles. The first-order chi connectivity index (χ1) is 13.5. The fourth-order valence-corrected chi connectivity index (χ4v) is 3.04. The molecular weight excluding hydrogens is 362 g/mol. The van der Waals surface area contributed by atoms with Gasteiger partial charge in [0.1, 0.15) is 17.9 Å². The lowest BCUT2D eigenvalue weighted by atomic mass is 10.1. The van der Waals surface area contributed by atoms with Crippen molar-refractivity contribution in [3.05, 3.63) is 69.6 Å². The number of aryl methyl sites for hydroxylation is 1. The molecule has 1 aliphatic rings. The summed E-state index contributed by atoms with van der Waals surface area (Å²) in [5.41, 5.74) is 2.39. The molecule has 7 nitrogen and oxygen atoms in total. The molecule has 142 valence electrons. The van der Waals surface area contributed by atoms with Gasteiger partial charge in [0.25, 0.3) is 5.91 Å². The summed E-state index contributed by atoms with van der Waals surface area (Å²) in [5, 5.41) is 3.38. The Hall–Kier alpha value is -3.61. The van der Waals surface area contributed by atoms with Gasteiger partial charge in [-0.1, -0.05) is 19.1 Å². The lowest BCUT2D eigenvalue weighted by Gasteiger charge is -2.18. The Morgan fingerprint density at radius 2 is 2.00 bits per heavy atom. The van der Waals surface area contributed by atoms with Crippen LogP contribution in [0.1, 0.15) is 28.4 Å². The van der Waals surface area contributed by atoms with Gasteiger partial charge in [-0.2, -0.15) is 0 Å². The van der Waals surface area contributed by atoms with Crippen LogP contribution in [0.3, 0.4) is 0 Å². The number of esters is 1. The summed E-state index contributed by atoms with van der Waals surface area (Å²) in [7, 11) is 0. The molecule has 7 heteroatoms. The van der Waals surface area contributed by atoms with Crippen LogP contribution in [-0.2, 0) is 22.6 Å². The van der Waals surface area contributed by atoms with Crippen LogP contribution >= 0.6 is 0 Å². The molecular formula is C21H17NO6. The Bertz CT molecular complexity index is 1150. The molecule has 0 saturated heterocycles. The van der Waals surface area contributed by atoms with Crippen molar-refractivity contribution in [1.82, 2.24) is 0 Å². The highest BCUT2D eigenvalue weighted by Gasteiger charge is 2.19. The Labute approximate surface area is 159 Å². The molecule has 0 bridgehead atoms. The number of ether oxygens (including phenoxy) is 2. The monoisotopic (exact) mass is 379 g/mol. The topological polar surface area (TPSA) is 94.8 Å². The number of carbonyl (C=O) groups excluding carboxylic acids is 2. The first kappa shape index (κ1) is 17.8. The third-order valence-electron chi connectivity index (χ3n) is 4.51. The minimum atomic E-state index is -0.560. The molecule has 3 aromatic rings. The summed E-state index contributed by atoms with van der Waals surface area (Å²) in [6, 6.07) is 11.6. The first-order valence-corrected chi connectivity index (χ1v) is 8.83. The van der Waals surface area contributed by atoms with Gasteiger partial charge < -0.3 is 19.2 Å². The normalized spacial score (nSPS) is 12.8. The van der Waals surface area contributed by atoms with Crippen LogP contribution in [0.5, 0.6) is 5.75 Å². The van der Waals surface area contributed by atoms with Crippen molar-refractivity contribution in [2.75, 3.05) is 11.9 Å². The summed E-state index contributed by atoms with van der Waals surface area (Å²) < 4.78 is 16.0. The maximum Gasteiger partial charge on any atom is 0.338 e. The van der Waals surface area contributed by atoms with E-state index in [1.165, 1.54) is 12.1 Å². The highest BCUT2D eigenvalue weighted by atomic mass is 16.5. The standard InChI is InChI=1S/C21H17NO6/c1-2-12-3-5-15-14(9-20(24)28-17(15)7-12)10-27-21(25)13-4-6-16-18(8-13)26-11-19(23)22-16/h3-9H,2,10-11H2,1H3,(H,22,23). The van der Waals surface area contributed by atoms with Crippen LogP contribution in [-0.4, -0.2) is 18.5 Å². The van der Waals surface area contributed by atoms with Crippen molar-refractivity contribution < 1.29 is 23.5 Å². The van der Waals surface area contributed by atoms with Crippen molar-refractivity contribution in [3.63, 3.8) is 0 Å². The van der Waals surface area contributed by atoms with Crippen molar-refractivity contribution in [2.45, 2.75) is 20.0 Å². The Morgan fingerprint density at radius 1 is 1.14 bits per heavy atom. The Morgan fingerprint density at radius 3 is 2.82 bits per heavy atom. The summed E-state index contributed by atoms with van der Waals surface area (Å²) in [5.74, 6) is -0.398. The summed E-state index contributed by atoms with van der Waals surface area (Å²) >= 11 is 0. The van der Waals surface area contributed by atoms with Crippen LogP contribution in [0.25, 0.3) is 11.0 Å². The number of anilines is 1. The Balaban J connectivity index is 1.55. The van der Waals surface area contributed by atoms with E-state index in [1.54, 1.807) is 12.1 Å². The maximum atomic E-state index is 12.4. The minimum absolute atomic E-state index is 0.0684. The van der Waals surface area contributed by atoms with Crippen molar-refractivity contribution in [3.8, 4) is 5.75 Å². The molecule has 1 N–H and O–H groups in total. The van der Waals surface area contributed by atoms with Crippen LogP contribution in [0.4, 0.5) is 5.69 Å². The largest absolute Gasteiger partial charge is 0.482 e. The van der Waals surface area contributed by atoms with E-state index < -0.39 is 11.6 Å². The van der Waals surface area contributed by atoms with Gasteiger partial charge >= 0.3 is 11.6 Å². The second-order valence-corrected chi connectivity index (χ2v) is 6.40. The molecule has 28 heavy (non-hydrogen) atoms. The smallest absolute Gasteiger partial charge is 0.338 e. The molecule has 0 radical (unpaired) electrons. The first-order valence-electron chi connectivity index (χ1n) is 8.83. The van der Waals surface area contributed by atoms with Crippen LogP contribution in [0, 0.1) is 0 Å². The number of benzene rings is 2. The lowest BCUT2D eigenvalue weighted by Crippen LogP contribution is -2.25. The molecule has 0 atom stereocenters. The molecule has 2 aromatic carbocycles. The minimum Gasteiger partial charge on any atom is -0.482 e. The molecule has 0 unspecified atom stereocenters. The quantitative estimate of drug-likeness (QED) is 0.553. The second kappa shape index (κ2) is 7.19. The third-order valence-corrected chi connectivity index (χ3v) is 4.51. The van der Waals surface area contributed by atoms with Gasteiger partial charge in [0.2, 0.25) is 0 Å². The highest BCUT2D eigenvalue weighted by molar-refractivity contribution is 5.97. The van der Waals surface area contributed by atoms with E-state index >= 15 is 0 Å². The third kappa shape index (κ3) is 3.46. The van der Waals surface area contributed by atoms with E-state index in [0.717, 1.165) is 17.4 Å². The SMILES string of the molecule is CCc1ccc2c(COC(=O)c3ccc4c(c3)OCC(=O)N4)cc(=O)oc2c1. The molecule has 0 fully saturated rings. The van der Waals surface area contributed by atoms with Gasteiger partial charge in [0.05, 0.1) is 11.3 Å².